The predicted octanol–water partition coefficient (Wildman–Crippen LogP) is 3.20. The Morgan fingerprint density at radius 2 is 2.13 bits per heavy atom. The molecular weight excluding hydrogens is 384 g/mol. The molecular formula is C22H30N4O4. The molecule has 30 heavy (non-hydrogen) atoms. The van der Waals surface area contributed by atoms with Gasteiger partial charge in [-0.25, -0.2) is 0 Å². The maximum Gasteiger partial charge on any atom is 0.238 e. The number of likely N-dealkylation sites (tertiary alicyclic amines) is 1. The fourth-order valence-electron chi connectivity index (χ4n) is 4.85. The molecule has 0 unspecified atom stereocenters. The van der Waals surface area contributed by atoms with Crippen LogP contribution in [0.25, 0.3) is 0 Å². The van der Waals surface area contributed by atoms with Gasteiger partial charge < -0.3 is 19.3 Å². The highest BCUT2D eigenvalue weighted by molar-refractivity contribution is 5.92. The fourth-order valence-corrected chi connectivity index (χ4v) is 4.85. The van der Waals surface area contributed by atoms with Gasteiger partial charge in [0.2, 0.25) is 11.8 Å². The molecule has 1 amide bonds. The smallest absolute Gasteiger partial charge is 0.238 e. The molecule has 8 nitrogen and oxygen atoms in total. The Morgan fingerprint density at radius 1 is 1.33 bits per heavy atom. The number of amides is 1. The number of anilines is 1. The molecule has 2 heterocycles. The first kappa shape index (κ1) is 20.7. The second-order valence-electron chi connectivity index (χ2n) is 8.65. The normalized spacial score (nSPS) is 23.6. The van der Waals surface area contributed by atoms with Crippen LogP contribution in [0.1, 0.15) is 50.7 Å². The van der Waals surface area contributed by atoms with Crippen LogP contribution in [-0.2, 0) is 10.2 Å². The van der Waals surface area contributed by atoms with Crippen molar-refractivity contribution in [2.75, 3.05) is 39.2 Å². The Kier molecular flexibility index (Phi) is 5.69. The first-order chi connectivity index (χ1) is 14.4. The zero-order valence-electron chi connectivity index (χ0n) is 18.1. The van der Waals surface area contributed by atoms with E-state index in [1.807, 2.05) is 6.07 Å². The van der Waals surface area contributed by atoms with Gasteiger partial charge in [-0.1, -0.05) is 25.4 Å². The molecule has 1 N–H and O–H groups in total. The lowest BCUT2D eigenvalue weighted by molar-refractivity contribution is -0.117. The van der Waals surface area contributed by atoms with Crippen LogP contribution in [0.2, 0.25) is 0 Å². The minimum atomic E-state index is -0.121. The summed E-state index contributed by atoms with van der Waals surface area (Å²) in [5, 5.41) is 7.15. The third-order valence-corrected chi connectivity index (χ3v) is 6.36. The third kappa shape index (κ3) is 3.76. The lowest BCUT2D eigenvalue weighted by atomic mass is 9.80. The number of fused-ring (bicyclic) bond motifs is 1. The number of ether oxygens (including phenoxy) is 2. The van der Waals surface area contributed by atoms with Gasteiger partial charge in [-0.2, -0.15) is 4.98 Å². The second kappa shape index (κ2) is 8.26. The maximum absolute atomic E-state index is 12.7. The van der Waals surface area contributed by atoms with Crippen LogP contribution in [0.3, 0.4) is 0 Å². The van der Waals surface area contributed by atoms with Gasteiger partial charge in [0.25, 0.3) is 0 Å². The standard InChI is InChI=1S/C22H30N4O4/c1-14(2)20-24-21(30-25-20)22-9-5-6-15(22)11-26(13-22)12-19(27)23-16-7-8-17(28-3)18(10-16)29-4/h7-8,10,14-15H,5-6,9,11-13H2,1-4H3,(H,23,27)/t15-,22-/m1/s1. The van der Waals surface area contributed by atoms with Crippen LogP contribution in [0.15, 0.2) is 22.7 Å². The van der Waals surface area contributed by atoms with Crippen molar-refractivity contribution in [1.29, 1.82) is 0 Å². The summed E-state index contributed by atoms with van der Waals surface area (Å²) in [5.41, 5.74) is 0.564. The average molecular weight is 415 g/mol. The largest absolute Gasteiger partial charge is 0.493 e. The van der Waals surface area contributed by atoms with E-state index in [9.17, 15) is 4.79 Å². The zero-order chi connectivity index (χ0) is 21.3. The van der Waals surface area contributed by atoms with E-state index >= 15 is 0 Å². The number of nitrogens with one attached hydrogen (secondary N) is 1. The summed E-state index contributed by atoms with van der Waals surface area (Å²) in [6, 6.07) is 5.36. The fraction of sp³-hybridized carbons (Fsp3) is 0.591. The first-order valence-electron chi connectivity index (χ1n) is 10.5. The van der Waals surface area contributed by atoms with Crippen LogP contribution >= 0.6 is 0 Å². The quantitative estimate of drug-likeness (QED) is 0.744. The Hall–Kier alpha value is -2.61. The zero-order valence-corrected chi connectivity index (χ0v) is 18.1. The second-order valence-corrected chi connectivity index (χ2v) is 8.65. The minimum Gasteiger partial charge on any atom is -0.493 e. The van der Waals surface area contributed by atoms with E-state index in [0.29, 0.717) is 29.6 Å². The van der Waals surface area contributed by atoms with E-state index in [1.165, 1.54) is 0 Å². The molecule has 1 aliphatic carbocycles. The van der Waals surface area contributed by atoms with E-state index in [0.717, 1.165) is 44.1 Å². The monoisotopic (exact) mass is 414 g/mol. The van der Waals surface area contributed by atoms with Gasteiger partial charge in [0.05, 0.1) is 26.2 Å². The molecule has 2 aromatic rings. The summed E-state index contributed by atoms with van der Waals surface area (Å²) < 4.78 is 16.3. The van der Waals surface area contributed by atoms with Crippen LogP contribution in [0.5, 0.6) is 11.5 Å². The summed E-state index contributed by atoms with van der Waals surface area (Å²) in [6.07, 6.45) is 3.33. The van der Waals surface area contributed by atoms with E-state index in [4.69, 9.17) is 19.0 Å². The van der Waals surface area contributed by atoms with Crippen LogP contribution in [-0.4, -0.2) is 54.8 Å². The first-order valence-corrected chi connectivity index (χ1v) is 10.5. The van der Waals surface area contributed by atoms with Gasteiger partial charge in [-0.05, 0) is 30.9 Å². The van der Waals surface area contributed by atoms with Crippen molar-refractivity contribution in [3.05, 3.63) is 29.9 Å². The average Bonchev–Trinajstić information content (AvgIpc) is 3.42. The number of aromatic nitrogens is 2. The number of benzene rings is 1. The van der Waals surface area contributed by atoms with Crippen LogP contribution < -0.4 is 14.8 Å². The van der Waals surface area contributed by atoms with Crippen molar-refractivity contribution in [1.82, 2.24) is 15.0 Å². The van der Waals surface area contributed by atoms with Gasteiger partial charge in [0.1, 0.15) is 0 Å². The molecule has 1 aromatic carbocycles. The van der Waals surface area contributed by atoms with Gasteiger partial charge >= 0.3 is 0 Å². The minimum absolute atomic E-state index is 0.0502. The van der Waals surface area contributed by atoms with Crippen molar-refractivity contribution < 1.29 is 18.8 Å². The van der Waals surface area contributed by atoms with E-state index < -0.39 is 0 Å². The van der Waals surface area contributed by atoms with Gasteiger partial charge in [-0.15, -0.1) is 0 Å². The van der Waals surface area contributed by atoms with Crippen LogP contribution in [0.4, 0.5) is 5.69 Å². The summed E-state index contributed by atoms with van der Waals surface area (Å²) in [4.78, 5) is 19.6. The number of carbonyl (C=O) groups excluding carboxylic acids is 1. The van der Waals surface area contributed by atoms with Gasteiger partial charge in [0.15, 0.2) is 17.3 Å². The maximum atomic E-state index is 12.7. The van der Waals surface area contributed by atoms with E-state index in [2.05, 4.69) is 29.2 Å². The summed E-state index contributed by atoms with van der Waals surface area (Å²) >= 11 is 0. The highest BCUT2D eigenvalue weighted by Crippen LogP contribution is 2.50. The van der Waals surface area contributed by atoms with Crippen molar-refractivity contribution in [3.8, 4) is 11.5 Å². The van der Waals surface area contributed by atoms with Crippen LogP contribution in [0, 0.1) is 5.92 Å². The molecule has 1 saturated heterocycles. The number of rotatable bonds is 7. The highest BCUT2D eigenvalue weighted by atomic mass is 16.5. The molecule has 1 aromatic heterocycles. The summed E-state index contributed by atoms with van der Waals surface area (Å²) in [7, 11) is 3.16. The third-order valence-electron chi connectivity index (χ3n) is 6.36. The lowest BCUT2D eigenvalue weighted by Gasteiger charge is -2.24. The topological polar surface area (TPSA) is 89.7 Å². The number of hydrogen-bond acceptors (Lipinski definition) is 7. The van der Waals surface area contributed by atoms with E-state index in [-0.39, 0.29) is 17.2 Å². The van der Waals surface area contributed by atoms with Crippen molar-refractivity contribution >= 4 is 11.6 Å². The Morgan fingerprint density at radius 3 is 2.83 bits per heavy atom. The molecule has 1 saturated carbocycles. The Bertz CT molecular complexity index is 912. The number of nitrogens with zero attached hydrogens (tertiary/aromatic N) is 3. The molecule has 1 aliphatic heterocycles. The van der Waals surface area contributed by atoms with E-state index in [1.54, 1.807) is 26.4 Å². The summed E-state index contributed by atoms with van der Waals surface area (Å²) in [5.74, 6) is 3.36. The van der Waals surface area contributed by atoms with Gasteiger partial charge in [-0.3, -0.25) is 9.69 Å². The SMILES string of the molecule is COc1ccc(NC(=O)CN2C[C@H]3CCC[C@@]3(c3nc(C(C)C)no3)C2)cc1OC. The number of carbonyl (C=O) groups is 1. The molecule has 4 rings (SSSR count). The molecule has 2 fully saturated rings. The molecule has 2 aliphatic rings. The number of hydrogen-bond donors (Lipinski definition) is 1. The molecule has 162 valence electrons. The molecule has 8 heteroatoms. The summed E-state index contributed by atoms with van der Waals surface area (Å²) in [6.45, 7) is 6.11. The predicted molar refractivity (Wildman–Crippen MR) is 112 cm³/mol. The Labute approximate surface area is 176 Å². The number of methoxy groups -OCH3 is 2. The van der Waals surface area contributed by atoms with Crippen molar-refractivity contribution in [3.63, 3.8) is 0 Å². The van der Waals surface area contributed by atoms with Crippen molar-refractivity contribution in [2.45, 2.75) is 44.4 Å². The lowest BCUT2D eigenvalue weighted by Crippen LogP contribution is -2.35. The molecule has 0 spiro atoms. The Balaban J connectivity index is 1.43. The van der Waals surface area contributed by atoms with Gasteiger partial charge in [0, 0.05) is 30.8 Å². The van der Waals surface area contributed by atoms with Crippen molar-refractivity contribution in [2.24, 2.45) is 5.92 Å². The highest BCUT2D eigenvalue weighted by Gasteiger charge is 2.54. The molecule has 0 bridgehead atoms. The molecule has 0 radical (unpaired) electrons. The molecule has 2 atom stereocenters.